The van der Waals surface area contributed by atoms with Crippen LogP contribution in [0, 0.1) is 23.6 Å². The van der Waals surface area contributed by atoms with E-state index >= 15 is 0 Å². The summed E-state index contributed by atoms with van der Waals surface area (Å²) in [4.78, 5) is 0. The third-order valence-electron chi connectivity index (χ3n) is 6.82. The summed E-state index contributed by atoms with van der Waals surface area (Å²) in [5.74, 6) is 2.63. The van der Waals surface area contributed by atoms with Crippen LogP contribution in [0.25, 0.3) is 0 Å². The first kappa shape index (κ1) is 20.8. The maximum absolute atomic E-state index is 13.7. The molecule has 0 spiro atoms. The van der Waals surface area contributed by atoms with Crippen LogP contribution in [0.4, 0.5) is 8.78 Å². The zero-order chi connectivity index (χ0) is 19.1. The second-order valence-corrected chi connectivity index (χ2v) is 9.06. The molecule has 2 saturated carbocycles. The van der Waals surface area contributed by atoms with Crippen molar-refractivity contribution in [2.24, 2.45) is 17.8 Å². The van der Waals surface area contributed by atoms with Gasteiger partial charge in [-0.3, -0.25) is 4.39 Å². The quantitative estimate of drug-likeness (QED) is 0.408. The molecule has 150 valence electrons. The fraction of sp³-hybridized carbons (Fsp3) is 0.667. The predicted molar refractivity (Wildman–Crippen MR) is 111 cm³/mol. The van der Waals surface area contributed by atoms with E-state index in [-0.39, 0.29) is 17.5 Å². The number of alkyl halides is 1. The van der Waals surface area contributed by atoms with Crippen LogP contribution < -0.4 is 0 Å². The lowest BCUT2D eigenvalue weighted by molar-refractivity contribution is 0.246. The molecule has 2 aliphatic rings. The van der Waals surface area contributed by atoms with Crippen molar-refractivity contribution in [3.63, 3.8) is 0 Å². The van der Waals surface area contributed by atoms with Crippen molar-refractivity contribution in [2.45, 2.75) is 76.5 Å². The Bertz CT molecular complexity index is 596. The first-order valence-electron chi connectivity index (χ1n) is 10.8. The predicted octanol–water partition coefficient (Wildman–Crippen LogP) is 8.26. The normalized spacial score (nSPS) is 29.3. The molecule has 3 heteroatoms. The first-order chi connectivity index (χ1) is 13.2. The molecule has 27 heavy (non-hydrogen) atoms. The Balaban J connectivity index is 1.35. The van der Waals surface area contributed by atoms with E-state index in [9.17, 15) is 8.78 Å². The van der Waals surface area contributed by atoms with E-state index in [0.29, 0.717) is 18.3 Å². The fourth-order valence-corrected chi connectivity index (χ4v) is 5.16. The van der Waals surface area contributed by atoms with Gasteiger partial charge in [-0.2, -0.15) is 0 Å². The molecule has 1 aromatic carbocycles. The minimum absolute atomic E-state index is 0.222. The zero-order valence-corrected chi connectivity index (χ0v) is 17.1. The van der Waals surface area contributed by atoms with Gasteiger partial charge in [-0.15, -0.1) is 0 Å². The number of hydrogen-bond acceptors (Lipinski definition) is 0. The van der Waals surface area contributed by atoms with Crippen LogP contribution in [0.15, 0.2) is 30.4 Å². The minimum Gasteiger partial charge on any atom is -0.251 e. The largest absolute Gasteiger partial charge is 0.251 e. The molecule has 0 radical (unpaired) electrons. The van der Waals surface area contributed by atoms with Crippen LogP contribution in [0.5, 0.6) is 0 Å². The molecule has 2 fully saturated rings. The van der Waals surface area contributed by atoms with E-state index in [0.717, 1.165) is 17.4 Å². The van der Waals surface area contributed by atoms with Gasteiger partial charge in [0.05, 0.1) is 11.7 Å². The maximum Gasteiger partial charge on any atom is 0.142 e. The van der Waals surface area contributed by atoms with Crippen LogP contribution in [-0.2, 0) is 0 Å². The van der Waals surface area contributed by atoms with Crippen LogP contribution in [-0.4, -0.2) is 6.67 Å². The molecule has 0 unspecified atom stereocenters. The summed E-state index contributed by atoms with van der Waals surface area (Å²) in [6, 6.07) is 5.33. The van der Waals surface area contributed by atoms with Gasteiger partial charge in [-0.25, -0.2) is 4.39 Å². The van der Waals surface area contributed by atoms with E-state index in [1.54, 1.807) is 12.1 Å². The third kappa shape index (κ3) is 6.31. The van der Waals surface area contributed by atoms with Gasteiger partial charge in [0, 0.05) is 0 Å². The molecule has 0 atom stereocenters. The highest BCUT2D eigenvalue weighted by Gasteiger charge is 2.25. The van der Waals surface area contributed by atoms with Gasteiger partial charge in [0.2, 0.25) is 0 Å². The van der Waals surface area contributed by atoms with E-state index in [4.69, 9.17) is 11.6 Å². The van der Waals surface area contributed by atoms with Gasteiger partial charge in [0.15, 0.2) is 0 Å². The topological polar surface area (TPSA) is 0 Å². The molecule has 3 rings (SSSR count). The fourth-order valence-electron chi connectivity index (χ4n) is 5.04. The molecular formula is C24H33ClF2. The second-order valence-electron chi connectivity index (χ2n) is 8.66. The van der Waals surface area contributed by atoms with Gasteiger partial charge in [0.1, 0.15) is 5.82 Å². The van der Waals surface area contributed by atoms with E-state index in [2.05, 4.69) is 6.08 Å². The lowest BCUT2D eigenvalue weighted by atomic mass is 9.74. The Morgan fingerprint density at radius 1 is 0.926 bits per heavy atom. The molecule has 0 bridgehead atoms. The third-order valence-corrected chi connectivity index (χ3v) is 7.13. The molecule has 0 aliphatic heterocycles. The summed E-state index contributed by atoms with van der Waals surface area (Å²) in [7, 11) is 0. The Morgan fingerprint density at radius 3 is 2.15 bits per heavy atom. The van der Waals surface area contributed by atoms with Gasteiger partial charge >= 0.3 is 0 Å². The van der Waals surface area contributed by atoms with Crippen molar-refractivity contribution in [2.75, 3.05) is 6.67 Å². The highest BCUT2D eigenvalue weighted by atomic mass is 35.5. The monoisotopic (exact) mass is 394 g/mol. The van der Waals surface area contributed by atoms with Crippen molar-refractivity contribution in [1.82, 2.24) is 0 Å². The Kier molecular flexibility index (Phi) is 8.18. The number of halogens is 3. The highest BCUT2D eigenvalue weighted by molar-refractivity contribution is 6.30. The van der Waals surface area contributed by atoms with Crippen molar-refractivity contribution in [3.8, 4) is 0 Å². The van der Waals surface area contributed by atoms with Gasteiger partial charge in [0.25, 0.3) is 0 Å². The average molecular weight is 395 g/mol. The molecule has 0 nitrogen and oxygen atoms in total. The smallest absolute Gasteiger partial charge is 0.142 e. The van der Waals surface area contributed by atoms with E-state index < -0.39 is 0 Å². The molecule has 0 amide bonds. The summed E-state index contributed by atoms with van der Waals surface area (Å²) >= 11 is 5.80. The lowest BCUT2D eigenvalue weighted by Crippen LogP contribution is -2.17. The van der Waals surface area contributed by atoms with Gasteiger partial charge < -0.3 is 0 Å². The molecule has 2 aliphatic carbocycles. The van der Waals surface area contributed by atoms with Gasteiger partial charge in [-0.05, 0) is 99.2 Å². The molecule has 0 N–H and O–H groups in total. The summed E-state index contributed by atoms with van der Waals surface area (Å²) in [6.07, 6.45) is 17.7. The summed E-state index contributed by atoms with van der Waals surface area (Å²) < 4.78 is 25.9. The van der Waals surface area contributed by atoms with Crippen molar-refractivity contribution >= 4 is 11.6 Å². The number of rotatable bonds is 7. The number of allylic oxidation sites excluding steroid dienone is 2. The summed E-state index contributed by atoms with van der Waals surface area (Å²) in [6.45, 7) is -0.235. The standard InChI is InChI=1S/C24H33ClF2/c25-23-15-14-22(17-24(23)27)21-12-10-20(11-13-21)9-8-19-6-4-18(5-7-19)3-1-2-16-26/h1,3,14-15,17-21H,2,4-13,16H2. The molecule has 0 heterocycles. The average Bonchev–Trinajstić information content (AvgIpc) is 2.70. The number of hydrogen-bond donors (Lipinski definition) is 0. The van der Waals surface area contributed by atoms with Crippen LogP contribution >= 0.6 is 11.6 Å². The molecule has 0 saturated heterocycles. The SMILES string of the molecule is FCCC=CC1CCC(CCC2CCC(c3ccc(Cl)c(F)c3)CC2)CC1. The van der Waals surface area contributed by atoms with Crippen molar-refractivity contribution < 1.29 is 8.78 Å². The highest BCUT2D eigenvalue weighted by Crippen LogP contribution is 2.40. The van der Waals surface area contributed by atoms with Crippen LogP contribution in [0.3, 0.4) is 0 Å². The first-order valence-corrected chi connectivity index (χ1v) is 11.2. The molecule has 0 aromatic heterocycles. The Hall–Kier alpha value is -0.890. The summed E-state index contributed by atoms with van der Waals surface area (Å²) in [5, 5.41) is 0.222. The second kappa shape index (κ2) is 10.6. The zero-order valence-electron chi connectivity index (χ0n) is 16.3. The Morgan fingerprint density at radius 2 is 1.56 bits per heavy atom. The van der Waals surface area contributed by atoms with E-state index in [1.165, 1.54) is 64.2 Å². The van der Waals surface area contributed by atoms with Crippen LogP contribution in [0.2, 0.25) is 5.02 Å². The minimum atomic E-state index is -0.286. The van der Waals surface area contributed by atoms with Crippen molar-refractivity contribution in [1.29, 1.82) is 0 Å². The van der Waals surface area contributed by atoms with E-state index in [1.807, 2.05) is 12.1 Å². The maximum atomic E-state index is 13.7. The van der Waals surface area contributed by atoms with Crippen LogP contribution in [0.1, 0.15) is 82.1 Å². The number of benzene rings is 1. The summed E-state index contributed by atoms with van der Waals surface area (Å²) in [5.41, 5.74) is 1.12. The molecule has 1 aromatic rings. The van der Waals surface area contributed by atoms with Crippen molar-refractivity contribution in [3.05, 3.63) is 46.8 Å². The lowest BCUT2D eigenvalue weighted by Gasteiger charge is -2.31. The Labute approximate surface area is 168 Å². The molecular weight excluding hydrogens is 362 g/mol. The van der Waals surface area contributed by atoms with Gasteiger partial charge in [-0.1, -0.05) is 42.7 Å².